The molecule has 77 heavy (non-hydrogen) atoms. The van der Waals surface area contributed by atoms with E-state index in [2.05, 4.69) is 58.2 Å². The van der Waals surface area contributed by atoms with E-state index in [4.69, 9.17) is 33.8 Å². The number of benzene rings is 2. The Hall–Kier alpha value is -8.85. The first-order valence-electron chi connectivity index (χ1n) is 25.0. The summed E-state index contributed by atoms with van der Waals surface area (Å²) in [6, 6.07) is 1.76. The number of carbonyl (C=O) groups is 10. The van der Waals surface area contributed by atoms with Gasteiger partial charge in [-0.05, 0) is 74.6 Å². The Bertz CT molecular complexity index is 2630. The zero-order chi connectivity index (χ0) is 56.6. The molecule has 1 unspecified atom stereocenters. The zero-order valence-electron chi connectivity index (χ0n) is 42.6. The Balaban J connectivity index is 1.80. The van der Waals surface area contributed by atoms with Crippen LogP contribution in [0.15, 0.2) is 54.7 Å². The third kappa shape index (κ3) is 20.8. The van der Waals surface area contributed by atoms with Crippen molar-refractivity contribution in [2.45, 2.75) is 126 Å². The molecule has 3 aromatic rings. The fourth-order valence-electron chi connectivity index (χ4n) is 8.31. The second kappa shape index (κ2) is 30.5. The summed E-state index contributed by atoms with van der Waals surface area (Å²) in [5.41, 5.74) is 23.3. The molecule has 1 aliphatic heterocycles. The summed E-state index contributed by atoms with van der Waals surface area (Å²) in [5.74, 6) is -10.7. The lowest BCUT2D eigenvalue weighted by Crippen LogP contribution is -2.60. The maximum Gasteiger partial charge on any atom is 0.243 e. The van der Waals surface area contributed by atoms with Crippen LogP contribution in [0.25, 0.3) is 10.9 Å². The first-order chi connectivity index (χ1) is 36.6. The summed E-state index contributed by atoms with van der Waals surface area (Å²) < 4.78 is 15.4. The molecule has 1 saturated heterocycles. The minimum absolute atomic E-state index is 0.0305. The van der Waals surface area contributed by atoms with Crippen LogP contribution >= 0.6 is 0 Å². The molecule has 2 heterocycles. The molecule has 1 aliphatic rings. The number of aromatic amines is 1. The molecule has 418 valence electrons. The highest BCUT2D eigenvalue weighted by molar-refractivity contribution is 5.99. The van der Waals surface area contributed by atoms with Gasteiger partial charge in [-0.2, -0.15) is 0 Å². The number of rotatable bonds is 19. The standard InChI is InChI=1S/C49H70FN17O10/c1-26(68)61-33(15-8-20-58-48(53)54)42(72)67-38-24-40(70)57-19-7-6-14-32(41(52)71)62-45(75)37(23-28-25-60-31-13-5-3-11-29(28)31)66-43(73)34(16-9-21-59-49(55)56)63-46(76)36(22-27-10-2-4-12-30(27)50)65-44(74)35(64-47(38)77)17-18-39(51)69/h2-5,10-13,25,32-38,60H,6-9,14-24H2,1H3,(H2,51,69)(H2,52,71)(H,57,70)(H,61,68)(H,62,75)(H,63,76)(H,64,77)(H,65,74)(H,66,73)(H,67,72)(H4,53,54,58)(H4,55,56,59)/t32?,33-,34+,35+,36-,37+,38+/m1/s1. The summed E-state index contributed by atoms with van der Waals surface area (Å²) in [6.07, 6.45) is -0.350. The second-order valence-electron chi connectivity index (χ2n) is 18.4. The monoisotopic (exact) mass is 1080 g/mol. The maximum absolute atomic E-state index is 15.4. The normalized spacial score (nSPS) is 20.8. The molecule has 10 amide bonds. The molecule has 0 aliphatic carbocycles. The number of aromatic nitrogens is 1. The quantitative estimate of drug-likeness (QED) is 0.0315. The van der Waals surface area contributed by atoms with Gasteiger partial charge in [0.25, 0.3) is 0 Å². The van der Waals surface area contributed by atoms with Crippen LogP contribution in [-0.4, -0.2) is 138 Å². The van der Waals surface area contributed by atoms with Crippen LogP contribution in [0.4, 0.5) is 4.39 Å². The molecule has 21 N–H and O–H groups in total. The van der Waals surface area contributed by atoms with Crippen molar-refractivity contribution in [3.05, 3.63) is 71.7 Å². The zero-order valence-corrected chi connectivity index (χ0v) is 42.6. The number of halogens is 1. The molecular weight excluding hydrogens is 1010 g/mol. The summed E-state index contributed by atoms with van der Waals surface area (Å²) in [7, 11) is 0. The van der Waals surface area contributed by atoms with E-state index in [9.17, 15) is 47.9 Å². The Morgan fingerprint density at radius 2 is 1.27 bits per heavy atom. The lowest BCUT2D eigenvalue weighted by Gasteiger charge is -2.28. The highest BCUT2D eigenvalue weighted by atomic mass is 19.1. The summed E-state index contributed by atoms with van der Waals surface area (Å²) >= 11 is 0. The minimum atomic E-state index is -1.76. The van der Waals surface area contributed by atoms with Crippen molar-refractivity contribution in [2.24, 2.45) is 22.9 Å². The molecule has 7 atom stereocenters. The fraction of sp³-hybridized carbons (Fsp3) is 0.469. The van der Waals surface area contributed by atoms with Crippen LogP contribution in [0.5, 0.6) is 0 Å². The van der Waals surface area contributed by atoms with Gasteiger partial charge < -0.3 is 81.1 Å². The molecule has 4 rings (SSSR count). The number of para-hydroxylation sites is 1. The van der Waals surface area contributed by atoms with Gasteiger partial charge in [-0.25, -0.2) is 4.39 Å². The minimum Gasteiger partial charge on any atom is -0.370 e. The van der Waals surface area contributed by atoms with Crippen LogP contribution in [-0.2, 0) is 60.8 Å². The third-order valence-corrected chi connectivity index (χ3v) is 12.3. The summed E-state index contributed by atoms with van der Waals surface area (Å²) in [6.45, 7) is 1.27. The lowest BCUT2D eigenvalue weighted by atomic mass is 10.0. The van der Waals surface area contributed by atoms with E-state index in [0.717, 1.165) is 18.5 Å². The van der Waals surface area contributed by atoms with E-state index >= 15 is 4.39 Å². The predicted molar refractivity (Wildman–Crippen MR) is 279 cm³/mol. The first-order valence-corrected chi connectivity index (χ1v) is 25.0. The Kier molecular flexibility index (Phi) is 24.0. The molecule has 0 bridgehead atoms. The highest BCUT2D eigenvalue weighted by Gasteiger charge is 2.35. The summed E-state index contributed by atoms with van der Waals surface area (Å²) in [4.78, 5) is 140. The van der Waals surface area contributed by atoms with Crippen molar-refractivity contribution in [3.63, 3.8) is 0 Å². The number of hydrogen-bond donors (Lipinski definition) is 17. The number of guanidine groups is 2. The van der Waals surface area contributed by atoms with Crippen molar-refractivity contribution in [2.75, 3.05) is 19.6 Å². The number of nitrogens with one attached hydrogen (secondary N) is 13. The van der Waals surface area contributed by atoms with Crippen LogP contribution in [0.3, 0.4) is 0 Å². The molecule has 28 heteroatoms. The van der Waals surface area contributed by atoms with Gasteiger partial charge in [0.2, 0.25) is 59.1 Å². The van der Waals surface area contributed by atoms with E-state index in [1.165, 1.54) is 18.2 Å². The molecule has 0 spiro atoms. The number of fused-ring (bicyclic) bond motifs is 1. The van der Waals surface area contributed by atoms with Gasteiger partial charge in [0, 0.05) is 62.9 Å². The number of nitrogens with two attached hydrogens (primary N) is 4. The maximum atomic E-state index is 15.4. The Labute approximate surface area is 442 Å². The molecule has 2 aromatic carbocycles. The number of carbonyl (C=O) groups excluding carboxylic acids is 10. The van der Waals surface area contributed by atoms with Gasteiger partial charge in [-0.3, -0.25) is 58.8 Å². The molecule has 1 aromatic heterocycles. The fourth-order valence-corrected chi connectivity index (χ4v) is 8.31. The van der Waals surface area contributed by atoms with Crippen LogP contribution in [0, 0.1) is 16.6 Å². The Morgan fingerprint density at radius 1 is 0.701 bits per heavy atom. The van der Waals surface area contributed by atoms with Crippen LogP contribution in [0.2, 0.25) is 0 Å². The predicted octanol–water partition coefficient (Wildman–Crippen LogP) is -3.53. The first kappa shape index (κ1) is 60.7. The van der Waals surface area contributed by atoms with Crippen LogP contribution in [0.1, 0.15) is 82.3 Å². The number of hydrogen-bond acceptors (Lipinski definition) is 12. The van der Waals surface area contributed by atoms with Gasteiger partial charge >= 0.3 is 0 Å². The van der Waals surface area contributed by atoms with E-state index in [-0.39, 0.29) is 88.5 Å². The third-order valence-electron chi connectivity index (χ3n) is 12.3. The number of H-pyrrole nitrogens is 1. The average Bonchev–Trinajstić information content (AvgIpc) is 3.77. The van der Waals surface area contributed by atoms with Crippen molar-refractivity contribution < 1.29 is 52.3 Å². The molecule has 1 fully saturated rings. The van der Waals surface area contributed by atoms with Crippen LogP contribution < -0.4 is 76.1 Å². The van der Waals surface area contributed by atoms with E-state index < -0.39 is 133 Å². The van der Waals surface area contributed by atoms with Gasteiger partial charge in [0.1, 0.15) is 48.1 Å². The van der Waals surface area contributed by atoms with Crippen molar-refractivity contribution >= 4 is 81.9 Å². The van der Waals surface area contributed by atoms with E-state index in [1.54, 1.807) is 30.5 Å². The van der Waals surface area contributed by atoms with Crippen molar-refractivity contribution in [3.8, 4) is 0 Å². The number of amides is 10. The number of primary amides is 2. The molecule has 27 nitrogen and oxygen atoms in total. The lowest BCUT2D eigenvalue weighted by molar-refractivity contribution is -0.136. The molecule has 0 saturated carbocycles. The Morgan fingerprint density at radius 3 is 1.91 bits per heavy atom. The second-order valence-corrected chi connectivity index (χ2v) is 18.4. The van der Waals surface area contributed by atoms with Gasteiger partial charge in [-0.15, -0.1) is 0 Å². The smallest absolute Gasteiger partial charge is 0.243 e. The van der Waals surface area contributed by atoms with E-state index in [1.807, 2.05) is 0 Å². The van der Waals surface area contributed by atoms with E-state index in [0.29, 0.717) is 10.9 Å². The molecular formula is C49H70FN17O10. The SMILES string of the molecule is CC(=O)N[C@H](CCCNC(=N)N)C(=O)N[C@H]1CC(=O)NCCCCC(C(N)=O)NC(=O)[C@H](Cc2c[nH]c3ccccc23)NC(=O)[C@H](CCCNC(=N)N)NC(=O)[C@@H](Cc2ccccc2F)NC(=O)[C@H](CCC(N)=O)NC1=O. The highest BCUT2D eigenvalue weighted by Crippen LogP contribution is 2.20. The van der Waals surface area contributed by atoms with Crippen molar-refractivity contribution in [1.29, 1.82) is 10.8 Å². The summed E-state index contributed by atoms with van der Waals surface area (Å²) in [5, 5.41) is 41.3. The van der Waals surface area contributed by atoms with Gasteiger partial charge in [-0.1, -0.05) is 36.4 Å². The van der Waals surface area contributed by atoms with Crippen molar-refractivity contribution in [1.82, 2.24) is 58.2 Å². The largest absolute Gasteiger partial charge is 0.370 e. The average molecular weight is 1080 g/mol. The topological polar surface area (TPSA) is 459 Å². The molecule has 0 radical (unpaired) electrons. The van der Waals surface area contributed by atoms with Gasteiger partial charge in [0.05, 0.1) is 6.42 Å². The van der Waals surface area contributed by atoms with Gasteiger partial charge in [0.15, 0.2) is 11.9 Å².